The van der Waals surface area contributed by atoms with Crippen molar-refractivity contribution in [3.05, 3.63) is 58.8 Å². The van der Waals surface area contributed by atoms with E-state index in [1.807, 2.05) is 0 Å². The summed E-state index contributed by atoms with van der Waals surface area (Å²) in [7, 11) is 3.03. The molecule has 0 radical (unpaired) electrons. The van der Waals surface area contributed by atoms with Gasteiger partial charge in [0, 0.05) is 12.1 Å². The molecule has 3 rings (SSSR count). The van der Waals surface area contributed by atoms with Crippen LogP contribution in [-0.4, -0.2) is 30.5 Å². The maximum Gasteiger partial charge on any atom is 0.273 e. The molecule has 0 atom stereocenters. The minimum absolute atomic E-state index is 0.0772. The molecule has 106 valence electrons. The third-order valence-electron chi connectivity index (χ3n) is 3.41. The highest BCUT2D eigenvalue weighted by Gasteiger charge is 2.36. The van der Waals surface area contributed by atoms with E-state index in [1.54, 1.807) is 42.5 Å². The number of ether oxygens (including phenoxy) is 2. The number of rotatable bonds is 3. The smallest absolute Gasteiger partial charge is 0.273 e. The molecule has 1 aliphatic rings. The topological polar surface area (TPSA) is 61.6 Å². The summed E-state index contributed by atoms with van der Waals surface area (Å²) in [5, 5.41) is 12.4. The summed E-state index contributed by atoms with van der Waals surface area (Å²) in [6.45, 7) is 0. The van der Waals surface area contributed by atoms with Crippen LogP contribution in [0.5, 0.6) is 11.5 Å². The van der Waals surface area contributed by atoms with Crippen LogP contribution in [0.15, 0.2) is 42.5 Å². The number of ketones is 1. The average molecular weight is 283 g/mol. The molecule has 0 unspecified atom stereocenters. The van der Waals surface area contributed by atoms with Gasteiger partial charge in [0.1, 0.15) is 17.1 Å². The van der Waals surface area contributed by atoms with Crippen molar-refractivity contribution in [3.8, 4) is 11.5 Å². The number of methoxy groups -OCH3 is 2. The van der Waals surface area contributed by atoms with Crippen LogP contribution in [0.2, 0.25) is 0 Å². The predicted molar refractivity (Wildman–Crippen MR) is 77.7 cm³/mol. The van der Waals surface area contributed by atoms with Crippen molar-refractivity contribution in [3.63, 3.8) is 0 Å². The summed E-state index contributed by atoms with van der Waals surface area (Å²) in [5.74, 6) is 0.749. The van der Waals surface area contributed by atoms with Gasteiger partial charge in [-0.05, 0) is 18.2 Å². The van der Waals surface area contributed by atoms with Gasteiger partial charge in [0.15, 0.2) is 0 Å². The second kappa shape index (κ2) is 4.94. The normalized spacial score (nSPS) is 13.3. The Morgan fingerprint density at radius 3 is 2.19 bits per heavy atom. The SMILES string of the molecule is COc1cc(OC)cc(C2=[N+]([O-])c3ccccc3C2=O)c1. The van der Waals surface area contributed by atoms with Gasteiger partial charge in [0.05, 0.1) is 19.8 Å². The molecule has 0 saturated carbocycles. The fourth-order valence-electron chi connectivity index (χ4n) is 2.38. The molecule has 5 nitrogen and oxygen atoms in total. The summed E-state index contributed by atoms with van der Waals surface area (Å²) in [4.78, 5) is 12.4. The Hall–Kier alpha value is -2.82. The number of fused-ring (bicyclic) bond motifs is 1. The summed E-state index contributed by atoms with van der Waals surface area (Å²) in [5.41, 5.74) is 1.32. The van der Waals surface area contributed by atoms with Crippen LogP contribution < -0.4 is 9.47 Å². The zero-order chi connectivity index (χ0) is 15.0. The summed E-state index contributed by atoms with van der Waals surface area (Å²) < 4.78 is 11.0. The second-order valence-corrected chi connectivity index (χ2v) is 4.59. The first-order chi connectivity index (χ1) is 10.2. The van der Waals surface area contributed by atoms with E-state index >= 15 is 0 Å². The van der Waals surface area contributed by atoms with Crippen molar-refractivity contribution in [2.75, 3.05) is 14.2 Å². The largest absolute Gasteiger partial charge is 0.618 e. The van der Waals surface area contributed by atoms with Crippen molar-refractivity contribution in [2.24, 2.45) is 0 Å². The van der Waals surface area contributed by atoms with E-state index in [2.05, 4.69) is 0 Å². The van der Waals surface area contributed by atoms with Crippen LogP contribution in [0.1, 0.15) is 15.9 Å². The first kappa shape index (κ1) is 13.2. The summed E-state index contributed by atoms with van der Waals surface area (Å²) >= 11 is 0. The van der Waals surface area contributed by atoms with E-state index in [-0.39, 0.29) is 11.5 Å². The zero-order valence-electron chi connectivity index (χ0n) is 11.6. The number of carbonyl (C=O) groups excluding carboxylic acids is 1. The third-order valence-corrected chi connectivity index (χ3v) is 3.41. The molecule has 0 N–H and O–H groups in total. The predicted octanol–water partition coefficient (Wildman–Crippen LogP) is 2.53. The van der Waals surface area contributed by atoms with E-state index in [0.717, 1.165) is 0 Å². The minimum atomic E-state index is -0.295. The fraction of sp³-hybridized carbons (Fsp3) is 0.125. The number of Topliss-reactive ketones (excluding diaryl/α,β-unsaturated/α-hetero) is 1. The quantitative estimate of drug-likeness (QED) is 0.641. The molecule has 0 saturated heterocycles. The van der Waals surface area contributed by atoms with Crippen LogP contribution in [-0.2, 0) is 0 Å². The van der Waals surface area contributed by atoms with Crippen molar-refractivity contribution in [1.82, 2.24) is 0 Å². The monoisotopic (exact) mass is 283 g/mol. The molecule has 0 amide bonds. The van der Waals surface area contributed by atoms with Crippen molar-refractivity contribution in [1.29, 1.82) is 0 Å². The lowest BCUT2D eigenvalue weighted by molar-refractivity contribution is -0.355. The van der Waals surface area contributed by atoms with E-state index in [1.165, 1.54) is 14.2 Å². The number of para-hydroxylation sites is 1. The van der Waals surface area contributed by atoms with Crippen LogP contribution >= 0.6 is 0 Å². The minimum Gasteiger partial charge on any atom is -0.618 e. The second-order valence-electron chi connectivity index (χ2n) is 4.59. The number of hydrogen-bond donors (Lipinski definition) is 0. The van der Waals surface area contributed by atoms with Crippen LogP contribution in [0.25, 0.3) is 0 Å². The van der Waals surface area contributed by atoms with E-state index < -0.39 is 0 Å². The molecule has 2 aromatic carbocycles. The maximum atomic E-state index is 12.4. The van der Waals surface area contributed by atoms with Gasteiger partial charge < -0.3 is 14.7 Å². The maximum absolute atomic E-state index is 12.4. The molecular weight excluding hydrogens is 270 g/mol. The highest BCUT2D eigenvalue weighted by atomic mass is 16.5. The lowest BCUT2D eigenvalue weighted by Crippen LogP contribution is -2.16. The Bertz CT molecular complexity index is 742. The molecule has 21 heavy (non-hydrogen) atoms. The Labute approximate surface area is 121 Å². The lowest BCUT2D eigenvalue weighted by Gasteiger charge is -2.07. The molecule has 2 aromatic rings. The summed E-state index contributed by atoms with van der Waals surface area (Å²) in [6.07, 6.45) is 0. The van der Waals surface area contributed by atoms with Gasteiger partial charge in [-0.1, -0.05) is 12.1 Å². The molecule has 0 bridgehead atoms. The van der Waals surface area contributed by atoms with Crippen molar-refractivity contribution >= 4 is 17.2 Å². The average Bonchev–Trinajstić information content (AvgIpc) is 2.78. The lowest BCUT2D eigenvalue weighted by atomic mass is 10.0. The first-order valence-electron chi connectivity index (χ1n) is 6.37. The molecule has 1 aliphatic heterocycles. The van der Waals surface area contributed by atoms with E-state index in [0.29, 0.717) is 33.1 Å². The fourth-order valence-corrected chi connectivity index (χ4v) is 2.38. The molecule has 0 spiro atoms. The van der Waals surface area contributed by atoms with Gasteiger partial charge in [0.25, 0.3) is 11.5 Å². The van der Waals surface area contributed by atoms with E-state index in [9.17, 15) is 10.0 Å². The van der Waals surface area contributed by atoms with Gasteiger partial charge in [-0.3, -0.25) is 4.79 Å². The number of benzene rings is 2. The van der Waals surface area contributed by atoms with Gasteiger partial charge in [-0.15, -0.1) is 0 Å². The van der Waals surface area contributed by atoms with E-state index in [4.69, 9.17) is 9.47 Å². The molecule has 0 aromatic heterocycles. The number of nitrogens with zero attached hydrogens (tertiary/aromatic N) is 1. The molecule has 1 heterocycles. The third kappa shape index (κ3) is 2.03. The highest BCUT2D eigenvalue weighted by Crippen LogP contribution is 2.30. The van der Waals surface area contributed by atoms with Gasteiger partial charge >= 0.3 is 0 Å². The van der Waals surface area contributed by atoms with Crippen molar-refractivity contribution in [2.45, 2.75) is 0 Å². The molecular formula is C16H13NO4. The number of carbonyl (C=O) groups is 1. The standard InChI is InChI=1S/C16H13NO4/c1-20-11-7-10(8-12(9-11)21-2)15-16(18)13-5-3-4-6-14(13)17(15)19/h3-9H,1-2H3. The van der Waals surface area contributed by atoms with Crippen LogP contribution in [0.4, 0.5) is 5.69 Å². The molecule has 0 aliphatic carbocycles. The van der Waals surface area contributed by atoms with Crippen LogP contribution in [0.3, 0.4) is 0 Å². The number of hydrogen-bond acceptors (Lipinski definition) is 4. The molecule has 5 heteroatoms. The Morgan fingerprint density at radius 1 is 1.00 bits per heavy atom. The van der Waals surface area contributed by atoms with Gasteiger partial charge in [0.2, 0.25) is 5.69 Å². The first-order valence-corrected chi connectivity index (χ1v) is 6.37. The Kier molecular flexibility index (Phi) is 3.10. The van der Waals surface area contributed by atoms with Crippen molar-refractivity contribution < 1.29 is 19.0 Å². The summed E-state index contributed by atoms with van der Waals surface area (Å²) in [6, 6.07) is 11.7. The zero-order valence-corrected chi connectivity index (χ0v) is 11.6. The Balaban J connectivity index is 2.18. The van der Waals surface area contributed by atoms with Crippen LogP contribution in [0, 0.1) is 5.21 Å². The highest BCUT2D eigenvalue weighted by molar-refractivity contribution is 6.52. The van der Waals surface area contributed by atoms with Gasteiger partial charge in [-0.25, -0.2) is 0 Å². The Morgan fingerprint density at radius 2 is 1.62 bits per heavy atom. The van der Waals surface area contributed by atoms with Gasteiger partial charge in [-0.2, -0.15) is 4.74 Å². The molecule has 0 fully saturated rings.